The number of nitrogens with zero attached hydrogens (tertiary/aromatic N) is 2. The number of alkyl halides is 3. The number of benzene rings is 1. The Morgan fingerprint density at radius 1 is 1.31 bits per heavy atom. The third kappa shape index (κ3) is 4.66. The highest BCUT2D eigenvalue weighted by molar-refractivity contribution is 6.30. The van der Waals surface area contributed by atoms with E-state index in [1.165, 1.54) is 12.3 Å². The molecule has 2 aromatic rings. The summed E-state index contributed by atoms with van der Waals surface area (Å²) in [5, 5.41) is 17.6. The van der Waals surface area contributed by atoms with Gasteiger partial charge in [0.15, 0.2) is 11.9 Å². The molecule has 13 heteroatoms. The minimum absolute atomic E-state index is 0.0138. The number of aliphatic hydroxyl groups is 1. The van der Waals surface area contributed by atoms with Crippen LogP contribution in [0.4, 0.5) is 17.6 Å². The molecule has 2 N–H and O–H groups in total. The molecule has 1 aromatic carbocycles. The predicted octanol–water partition coefficient (Wildman–Crippen LogP) is 3.61. The Morgan fingerprint density at radius 2 is 2.09 bits per heavy atom. The van der Waals surface area contributed by atoms with Gasteiger partial charge in [-0.25, -0.2) is 4.39 Å². The highest BCUT2D eigenvalue weighted by Gasteiger charge is 2.63. The van der Waals surface area contributed by atoms with Crippen LogP contribution in [0.2, 0.25) is 5.02 Å². The molecule has 1 aromatic heterocycles. The van der Waals surface area contributed by atoms with E-state index >= 15 is 0 Å². The Kier molecular flexibility index (Phi) is 5.88. The van der Waals surface area contributed by atoms with Crippen LogP contribution in [0, 0.1) is 5.82 Å². The molecule has 3 aliphatic carbocycles. The van der Waals surface area contributed by atoms with E-state index < -0.39 is 42.4 Å². The van der Waals surface area contributed by atoms with Crippen LogP contribution in [0.15, 0.2) is 24.5 Å². The first-order valence-electron chi connectivity index (χ1n) is 11.0. The van der Waals surface area contributed by atoms with Crippen molar-refractivity contribution in [2.75, 3.05) is 13.2 Å². The van der Waals surface area contributed by atoms with Gasteiger partial charge in [0.2, 0.25) is 0 Å². The lowest BCUT2D eigenvalue weighted by Gasteiger charge is -2.48. The third-order valence-corrected chi connectivity index (χ3v) is 7.16. The number of ether oxygens (including phenoxy) is 3. The fourth-order valence-corrected chi connectivity index (χ4v) is 5.53. The molecule has 190 valence electrons. The van der Waals surface area contributed by atoms with Gasteiger partial charge >= 0.3 is 6.36 Å². The molecule has 2 bridgehead atoms. The third-order valence-electron chi connectivity index (χ3n) is 6.87. The first-order chi connectivity index (χ1) is 16.5. The minimum atomic E-state index is -4.70. The van der Waals surface area contributed by atoms with Crippen molar-refractivity contribution in [1.29, 1.82) is 0 Å². The monoisotopic (exact) mass is 519 g/mol. The molecular weight excluding hydrogens is 498 g/mol. The zero-order chi connectivity index (χ0) is 25.0. The number of carbonyl (C=O) groups is 1. The average Bonchev–Trinajstić information content (AvgIpc) is 3.46. The first-order valence-corrected chi connectivity index (χ1v) is 11.4. The summed E-state index contributed by atoms with van der Waals surface area (Å²) in [6, 6.07) is 2.36. The van der Waals surface area contributed by atoms with Gasteiger partial charge in [0.05, 0.1) is 35.7 Å². The van der Waals surface area contributed by atoms with Crippen molar-refractivity contribution in [3.8, 4) is 11.5 Å². The van der Waals surface area contributed by atoms with Crippen molar-refractivity contribution in [3.63, 3.8) is 0 Å². The van der Waals surface area contributed by atoms with Crippen LogP contribution in [-0.2, 0) is 15.1 Å². The second-order valence-electron chi connectivity index (χ2n) is 9.27. The molecular formula is C22H22ClF4N3O5. The maximum atomic E-state index is 13.8. The van der Waals surface area contributed by atoms with Crippen LogP contribution >= 0.6 is 11.6 Å². The van der Waals surface area contributed by atoms with Gasteiger partial charge in [-0.3, -0.25) is 14.2 Å². The average molecular weight is 520 g/mol. The molecule has 0 spiro atoms. The number of halogens is 5. The number of hydrogen-bond acceptors (Lipinski definition) is 6. The molecule has 2 atom stereocenters. The quantitative estimate of drug-likeness (QED) is 0.429. The molecule has 0 saturated heterocycles. The van der Waals surface area contributed by atoms with Crippen LogP contribution < -0.4 is 14.8 Å². The Morgan fingerprint density at radius 3 is 2.83 bits per heavy atom. The van der Waals surface area contributed by atoms with Crippen LogP contribution in [0.25, 0.3) is 0 Å². The van der Waals surface area contributed by atoms with Crippen molar-refractivity contribution in [1.82, 2.24) is 15.1 Å². The lowest BCUT2D eigenvalue weighted by Crippen LogP contribution is -2.61. The van der Waals surface area contributed by atoms with Crippen molar-refractivity contribution < 1.29 is 41.7 Å². The van der Waals surface area contributed by atoms with Crippen molar-refractivity contribution >= 4 is 17.5 Å². The van der Waals surface area contributed by atoms with Crippen LogP contribution in [0.1, 0.15) is 43.8 Å². The van der Waals surface area contributed by atoms with E-state index in [2.05, 4.69) is 15.2 Å². The lowest BCUT2D eigenvalue weighted by molar-refractivity contribution is -0.325. The summed E-state index contributed by atoms with van der Waals surface area (Å²) in [6.07, 6.45) is -0.966. The minimum Gasteiger partial charge on any atom is -0.488 e. The summed E-state index contributed by atoms with van der Waals surface area (Å²) >= 11 is 5.78. The number of hydrogen-bond donors (Lipinski definition) is 2. The molecule has 2 heterocycles. The number of carbonyl (C=O) groups excluding carboxylic acids is 1. The van der Waals surface area contributed by atoms with Gasteiger partial charge in [-0.1, -0.05) is 11.6 Å². The van der Waals surface area contributed by atoms with Gasteiger partial charge in [0.25, 0.3) is 5.91 Å². The Bertz CT molecular complexity index is 1130. The highest BCUT2D eigenvalue weighted by Crippen LogP contribution is 2.59. The molecule has 1 amide bonds. The normalized spacial score (nSPS) is 29.2. The fraction of sp³-hybridized carbons (Fsp3) is 0.545. The second kappa shape index (κ2) is 8.52. The number of fused-ring (bicyclic) bond motifs is 2. The fourth-order valence-electron chi connectivity index (χ4n) is 5.36. The number of aliphatic hydroxyl groups excluding tert-OH is 1. The summed E-state index contributed by atoms with van der Waals surface area (Å²) < 4.78 is 66.3. The largest absolute Gasteiger partial charge is 0.522 e. The Balaban J connectivity index is 1.17. The van der Waals surface area contributed by atoms with E-state index in [0.29, 0.717) is 30.6 Å². The van der Waals surface area contributed by atoms with E-state index in [9.17, 15) is 27.5 Å². The van der Waals surface area contributed by atoms with Gasteiger partial charge < -0.3 is 19.9 Å². The highest BCUT2D eigenvalue weighted by atomic mass is 35.5. The van der Waals surface area contributed by atoms with E-state index in [1.807, 2.05) is 0 Å². The SMILES string of the molecule is O=C(NC12CCC(n3cc(OCCOC(F)(F)F)cn3)(C1)C2)[C@H]1C[C@@H](O)c2cc(Cl)c(F)cc2O1. The molecule has 3 saturated carbocycles. The zero-order valence-corrected chi connectivity index (χ0v) is 19.0. The molecule has 4 aliphatic rings. The van der Waals surface area contributed by atoms with Gasteiger partial charge in [-0.15, -0.1) is 13.2 Å². The van der Waals surface area contributed by atoms with E-state index in [1.54, 1.807) is 10.9 Å². The summed E-state index contributed by atoms with van der Waals surface area (Å²) in [5.74, 6) is -0.682. The molecule has 1 aliphatic heterocycles. The molecule has 6 rings (SSSR count). The summed E-state index contributed by atoms with van der Waals surface area (Å²) in [4.78, 5) is 13.0. The van der Waals surface area contributed by atoms with E-state index in [4.69, 9.17) is 21.1 Å². The van der Waals surface area contributed by atoms with Gasteiger partial charge in [-0.05, 0) is 31.7 Å². The smallest absolute Gasteiger partial charge is 0.488 e. The maximum absolute atomic E-state index is 13.8. The zero-order valence-electron chi connectivity index (χ0n) is 18.3. The maximum Gasteiger partial charge on any atom is 0.522 e. The second-order valence-corrected chi connectivity index (χ2v) is 9.68. The summed E-state index contributed by atoms with van der Waals surface area (Å²) in [7, 11) is 0. The Hall–Kier alpha value is -2.57. The summed E-state index contributed by atoms with van der Waals surface area (Å²) in [6.45, 7) is -0.901. The van der Waals surface area contributed by atoms with Crippen molar-refractivity contribution in [2.24, 2.45) is 0 Å². The molecule has 3 fully saturated rings. The van der Waals surface area contributed by atoms with Crippen molar-refractivity contribution in [3.05, 3.63) is 40.9 Å². The van der Waals surface area contributed by atoms with Crippen molar-refractivity contribution in [2.45, 2.75) is 61.8 Å². The summed E-state index contributed by atoms with van der Waals surface area (Å²) in [5.41, 5.74) is -0.440. The predicted molar refractivity (Wildman–Crippen MR) is 112 cm³/mol. The van der Waals surface area contributed by atoms with Crippen LogP contribution in [-0.4, -0.2) is 52.0 Å². The van der Waals surface area contributed by atoms with Crippen LogP contribution in [0.3, 0.4) is 0 Å². The molecule has 8 nitrogen and oxygen atoms in total. The standard InChI is InChI=1S/C22H22ClF4N3O5/c23-14-5-13-16(31)7-18(35-17(13)6-15(14)24)19(32)29-20-1-2-21(10-20,11-20)30-9-12(8-28-30)33-3-4-34-22(25,26)27/h5-6,8-9,16,18,31H,1-4,7,10-11H2,(H,29,32)/t16-,18-,20?,21?/m1/s1. The molecule has 0 radical (unpaired) electrons. The van der Waals surface area contributed by atoms with Gasteiger partial charge in [0.1, 0.15) is 18.2 Å². The molecule has 0 unspecified atom stereocenters. The number of amides is 1. The number of nitrogens with one attached hydrogen (secondary N) is 1. The Labute approximate surface area is 202 Å². The van der Waals surface area contributed by atoms with Crippen LogP contribution in [0.5, 0.6) is 11.5 Å². The van der Waals surface area contributed by atoms with Gasteiger partial charge in [0, 0.05) is 23.6 Å². The number of aromatic nitrogens is 2. The van der Waals surface area contributed by atoms with E-state index in [0.717, 1.165) is 12.5 Å². The topological polar surface area (TPSA) is 94.8 Å². The first kappa shape index (κ1) is 24.1. The number of rotatable bonds is 7. The molecule has 35 heavy (non-hydrogen) atoms. The van der Waals surface area contributed by atoms with E-state index in [-0.39, 0.29) is 29.3 Å². The van der Waals surface area contributed by atoms with Gasteiger partial charge in [-0.2, -0.15) is 5.10 Å². The lowest BCUT2D eigenvalue weighted by atomic mass is 9.71.